The lowest BCUT2D eigenvalue weighted by Gasteiger charge is -2.23. The standard InChI is InChI=1S/C11H23N/c1-5-7-10(8-6-2)11(12)9(3)4/h10-11H,3,5-8,12H2,1-2,4H3. The molecule has 0 aromatic rings. The van der Waals surface area contributed by atoms with Gasteiger partial charge in [0.25, 0.3) is 0 Å². The maximum atomic E-state index is 6.03. The fraction of sp³-hybridized carbons (Fsp3) is 0.818. The SMILES string of the molecule is C=C(C)C(N)C(CCC)CCC. The summed E-state index contributed by atoms with van der Waals surface area (Å²) in [6, 6.07) is 0.213. The van der Waals surface area contributed by atoms with Crippen LogP contribution in [0.4, 0.5) is 0 Å². The fourth-order valence-corrected chi connectivity index (χ4v) is 1.65. The smallest absolute Gasteiger partial charge is 0.0276 e. The average molecular weight is 169 g/mol. The van der Waals surface area contributed by atoms with E-state index in [0.717, 1.165) is 5.57 Å². The van der Waals surface area contributed by atoms with E-state index in [0.29, 0.717) is 5.92 Å². The van der Waals surface area contributed by atoms with Crippen molar-refractivity contribution in [3.8, 4) is 0 Å². The van der Waals surface area contributed by atoms with E-state index >= 15 is 0 Å². The highest BCUT2D eigenvalue weighted by Crippen LogP contribution is 2.20. The van der Waals surface area contributed by atoms with Crippen molar-refractivity contribution in [3.63, 3.8) is 0 Å². The summed E-state index contributed by atoms with van der Waals surface area (Å²) in [5, 5.41) is 0. The third-order valence-corrected chi connectivity index (χ3v) is 2.40. The summed E-state index contributed by atoms with van der Waals surface area (Å²) in [7, 11) is 0. The first-order valence-corrected chi connectivity index (χ1v) is 5.04. The van der Waals surface area contributed by atoms with E-state index in [1.807, 2.05) is 6.92 Å². The fourth-order valence-electron chi connectivity index (χ4n) is 1.65. The maximum absolute atomic E-state index is 6.03. The van der Waals surface area contributed by atoms with E-state index in [1.54, 1.807) is 0 Å². The molecule has 1 nitrogen and oxygen atoms in total. The van der Waals surface area contributed by atoms with Gasteiger partial charge in [0.15, 0.2) is 0 Å². The lowest BCUT2D eigenvalue weighted by Crippen LogP contribution is -2.30. The Morgan fingerprint density at radius 2 is 1.67 bits per heavy atom. The minimum Gasteiger partial charge on any atom is -0.324 e. The van der Waals surface area contributed by atoms with Gasteiger partial charge in [-0.2, -0.15) is 0 Å². The molecule has 2 N–H and O–H groups in total. The van der Waals surface area contributed by atoms with Crippen molar-refractivity contribution in [2.75, 3.05) is 0 Å². The van der Waals surface area contributed by atoms with Gasteiger partial charge in [0.2, 0.25) is 0 Å². The third kappa shape index (κ3) is 3.91. The molecule has 0 fully saturated rings. The summed E-state index contributed by atoms with van der Waals surface area (Å²) in [6.07, 6.45) is 4.93. The van der Waals surface area contributed by atoms with Crippen LogP contribution in [0.5, 0.6) is 0 Å². The van der Waals surface area contributed by atoms with E-state index in [1.165, 1.54) is 25.7 Å². The molecule has 1 atom stereocenters. The van der Waals surface area contributed by atoms with E-state index in [4.69, 9.17) is 5.73 Å². The van der Waals surface area contributed by atoms with Crippen LogP contribution in [0.1, 0.15) is 46.5 Å². The molecule has 0 saturated heterocycles. The van der Waals surface area contributed by atoms with Crippen LogP contribution in [-0.4, -0.2) is 6.04 Å². The molecule has 0 bridgehead atoms. The van der Waals surface area contributed by atoms with Crippen molar-refractivity contribution in [2.24, 2.45) is 11.7 Å². The quantitative estimate of drug-likeness (QED) is 0.607. The van der Waals surface area contributed by atoms with Crippen LogP contribution in [0.25, 0.3) is 0 Å². The van der Waals surface area contributed by atoms with Gasteiger partial charge in [0.05, 0.1) is 0 Å². The molecular formula is C11H23N. The molecule has 0 saturated carbocycles. The second-order valence-electron chi connectivity index (χ2n) is 3.71. The highest BCUT2D eigenvalue weighted by atomic mass is 14.6. The zero-order valence-corrected chi connectivity index (χ0v) is 8.77. The Bertz CT molecular complexity index is 123. The van der Waals surface area contributed by atoms with Crippen molar-refractivity contribution >= 4 is 0 Å². The van der Waals surface area contributed by atoms with Gasteiger partial charge in [0.1, 0.15) is 0 Å². The van der Waals surface area contributed by atoms with E-state index in [2.05, 4.69) is 20.4 Å². The Morgan fingerprint density at radius 3 is 1.92 bits per heavy atom. The summed E-state index contributed by atoms with van der Waals surface area (Å²) >= 11 is 0. The van der Waals surface area contributed by atoms with E-state index in [9.17, 15) is 0 Å². The third-order valence-electron chi connectivity index (χ3n) is 2.40. The van der Waals surface area contributed by atoms with Gasteiger partial charge in [-0.1, -0.05) is 38.8 Å². The van der Waals surface area contributed by atoms with Crippen LogP contribution < -0.4 is 5.73 Å². The lowest BCUT2D eigenvalue weighted by atomic mass is 9.88. The minimum atomic E-state index is 0.213. The van der Waals surface area contributed by atoms with Crippen LogP contribution >= 0.6 is 0 Å². The van der Waals surface area contributed by atoms with Gasteiger partial charge in [-0.15, -0.1) is 0 Å². The Labute approximate surface area is 77.0 Å². The molecule has 72 valence electrons. The number of hydrogen-bond donors (Lipinski definition) is 1. The van der Waals surface area contributed by atoms with Gasteiger partial charge >= 0.3 is 0 Å². The van der Waals surface area contributed by atoms with Crippen LogP contribution in [0, 0.1) is 5.92 Å². The molecule has 0 radical (unpaired) electrons. The molecule has 0 aromatic heterocycles. The molecule has 0 heterocycles. The molecule has 12 heavy (non-hydrogen) atoms. The van der Waals surface area contributed by atoms with Gasteiger partial charge in [-0.25, -0.2) is 0 Å². The largest absolute Gasteiger partial charge is 0.324 e. The molecule has 0 rings (SSSR count). The second-order valence-corrected chi connectivity index (χ2v) is 3.71. The van der Waals surface area contributed by atoms with Gasteiger partial charge in [0, 0.05) is 6.04 Å². The Balaban J connectivity index is 3.98. The average Bonchev–Trinajstić information content (AvgIpc) is 2.03. The summed E-state index contributed by atoms with van der Waals surface area (Å²) in [5.74, 6) is 0.650. The zero-order valence-electron chi connectivity index (χ0n) is 8.77. The van der Waals surface area contributed by atoms with Crippen LogP contribution in [0.15, 0.2) is 12.2 Å². The monoisotopic (exact) mass is 169 g/mol. The van der Waals surface area contributed by atoms with Crippen LogP contribution in [0.3, 0.4) is 0 Å². The normalized spacial score (nSPS) is 13.4. The number of rotatable bonds is 6. The van der Waals surface area contributed by atoms with Crippen molar-refractivity contribution in [1.82, 2.24) is 0 Å². The predicted molar refractivity (Wildman–Crippen MR) is 56.1 cm³/mol. The lowest BCUT2D eigenvalue weighted by molar-refractivity contribution is 0.391. The van der Waals surface area contributed by atoms with Gasteiger partial charge in [-0.05, 0) is 25.7 Å². The van der Waals surface area contributed by atoms with Crippen LogP contribution in [-0.2, 0) is 0 Å². The zero-order chi connectivity index (χ0) is 9.56. The highest BCUT2D eigenvalue weighted by Gasteiger charge is 2.15. The molecular weight excluding hydrogens is 146 g/mol. The minimum absolute atomic E-state index is 0.213. The molecule has 0 aliphatic heterocycles. The summed E-state index contributed by atoms with van der Waals surface area (Å²) in [6.45, 7) is 10.4. The first kappa shape index (κ1) is 11.7. The summed E-state index contributed by atoms with van der Waals surface area (Å²) in [5.41, 5.74) is 7.16. The van der Waals surface area contributed by atoms with Crippen molar-refractivity contribution in [1.29, 1.82) is 0 Å². The Morgan fingerprint density at radius 1 is 1.25 bits per heavy atom. The van der Waals surface area contributed by atoms with Crippen molar-refractivity contribution in [3.05, 3.63) is 12.2 Å². The van der Waals surface area contributed by atoms with Crippen molar-refractivity contribution < 1.29 is 0 Å². The number of hydrogen-bond acceptors (Lipinski definition) is 1. The predicted octanol–water partition coefficient (Wildman–Crippen LogP) is 3.11. The first-order valence-electron chi connectivity index (χ1n) is 5.04. The topological polar surface area (TPSA) is 26.0 Å². The molecule has 0 aromatic carbocycles. The summed E-state index contributed by atoms with van der Waals surface area (Å²) in [4.78, 5) is 0. The van der Waals surface area contributed by atoms with E-state index in [-0.39, 0.29) is 6.04 Å². The second kappa shape index (κ2) is 6.24. The Kier molecular flexibility index (Phi) is 6.09. The molecule has 1 unspecified atom stereocenters. The highest BCUT2D eigenvalue weighted by molar-refractivity contribution is 5.02. The summed E-state index contributed by atoms with van der Waals surface area (Å²) < 4.78 is 0. The molecule has 0 spiro atoms. The van der Waals surface area contributed by atoms with E-state index < -0.39 is 0 Å². The maximum Gasteiger partial charge on any atom is 0.0276 e. The molecule has 0 amide bonds. The molecule has 0 aliphatic rings. The van der Waals surface area contributed by atoms with Crippen molar-refractivity contribution in [2.45, 2.75) is 52.5 Å². The Hall–Kier alpha value is -0.300. The van der Waals surface area contributed by atoms with Gasteiger partial charge in [-0.3, -0.25) is 0 Å². The first-order chi connectivity index (χ1) is 5.63. The van der Waals surface area contributed by atoms with Crippen LogP contribution in [0.2, 0.25) is 0 Å². The molecule has 1 heteroatoms. The number of nitrogens with two attached hydrogens (primary N) is 1. The van der Waals surface area contributed by atoms with Gasteiger partial charge < -0.3 is 5.73 Å². The molecule has 0 aliphatic carbocycles.